The zero-order valence-corrected chi connectivity index (χ0v) is 14.4. The average Bonchev–Trinajstić information content (AvgIpc) is 2.58. The smallest absolute Gasteiger partial charge is 0.276 e. The molecule has 0 fully saturated rings. The van der Waals surface area contributed by atoms with Gasteiger partial charge in [0.2, 0.25) is 0 Å². The van der Waals surface area contributed by atoms with Crippen molar-refractivity contribution in [2.24, 2.45) is 5.10 Å². The van der Waals surface area contributed by atoms with E-state index in [0.29, 0.717) is 30.3 Å². The first-order chi connectivity index (χ1) is 11.6. The summed E-state index contributed by atoms with van der Waals surface area (Å²) < 4.78 is 35.1. The van der Waals surface area contributed by atoms with E-state index in [1.807, 2.05) is 13.8 Å². The number of hydrogen-bond donors (Lipinski definition) is 1. The van der Waals surface area contributed by atoms with Crippen molar-refractivity contribution in [1.29, 1.82) is 0 Å². The van der Waals surface area contributed by atoms with Crippen LogP contribution in [0.4, 0.5) is 0 Å². The molecule has 0 aliphatic carbocycles. The molecule has 0 atom stereocenters. The third kappa shape index (κ3) is 4.73. The zero-order valence-electron chi connectivity index (χ0n) is 13.6. The molecule has 0 aliphatic heterocycles. The van der Waals surface area contributed by atoms with Crippen LogP contribution in [0.3, 0.4) is 0 Å². The molecular formula is C17H20N2O4S. The molecule has 2 aromatic carbocycles. The predicted molar refractivity (Wildman–Crippen MR) is 93.1 cm³/mol. The van der Waals surface area contributed by atoms with Gasteiger partial charge in [-0.05, 0) is 49.7 Å². The number of nitrogens with zero attached hydrogens (tertiary/aromatic N) is 1. The van der Waals surface area contributed by atoms with Crippen LogP contribution in [0.5, 0.6) is 11.5 Å². The van der Waals surface area contributed by atoms with Crippen LogP contribution in [0.2, 0.25) is 0 Å². The summed E-state index contributed by atoms with van der Waals surface area (Å²) in [5.74, 6) is 1.23. The van der Waals surface area contributed by atoms with Crippen molar-refractivity contribution in [1.82, 2.24) is 4.83 Å². The van der Waals surface area contributed by atoms with Crippen LogP contribution in [0, 0.1) is 0 Å². The maximum atomic E-state index is 12.1. The molecule has 0 saturated heterocycles. The SMILES string of the molecule is CCOc1ccc(/C=N/NS(=O)(=O)c2ccccc2)cc1OCC. The van der Waals surface area contributed by atoms with E-state index in [1.54, 1.807) is 36.4 Å². The highest BCUT2D eigenvalue weighted by molar-refractivity contribution is 7.89. The van der Waals surface area contributed by atoms with Gasteiger partial charge in [-0.3, -0.25) is 0 Å². The van der Waals surface area contributed by atoms with E-state index in [1.165, 1.54) is 18.3 Å². The molecule has 0 amide bonds. The molecule has 1 N–H and O–H groups in total. The Morgan fingerprint density at radius 1 is 1.00 bits per heavy atom. The molecule has 24 heavy (non-hydrogen) atoms. The Morgan fingerprint density at radius 3 is 2.33 bits per heavy atom. The Balaban J connectivity index is 2.13. The molecule has 0 radical (unpaired) electrons. The highest BCUT2D eigenvalue weighted by atomic mass is 32.2. The maximum absolute atomic E-state index is 12.1. The lowest BCUT2D eigenvalue weighted by Gasteiger charge is -2.11. The fourth-order valence-corrected chi connectivity index (χ4v) is 2.78. The summed E-state index contributed by atoms with van der Waals surface area (Å²) in [7, 11) is -3.67. The van der Waals surface area contributed by atoms with Crippen LogP contribution >= 0.6 is 0 Å². The van der Waals surface area contributed by atoms with Crippen LogP contribution in [0.15, 0.2) is 58.5 Å². The molecule has 2 aromatic rings. The first-order valence-corrected chi connectivity index (χ1v) is 9.04. The fraction of sp³-hybridized carbons (Fsp3) is 0.235. The number of nitrogens with one attached hydrogen (secondary N) is 1. The van der Waals surface area contributed by atoms with Crippen LogP contribution in [0.25, 0.3) is 0 Å². The van der Waals surface area contributed by atoms with Gasteiger partial charge < -0.3 is 9.47 Å². The highest BCUT2D eigenvalue weighted by Gasteiger charge is 2.11. The number of ether oxygens (including phenoxy) is 2. The van der Waals surface area contributed by atoms with Gasteiger partial charge in [0.15, 0.2) is 11.5 Å². The molecule has 2 rings (SSSR count). The van der Waals surface area contributed by atoms with Crippen molar-refractivity contribution >= 4 is 16.2 Å². The Kier molecular flexibility index (Phi) is 6.20. The van der Waals surface area contributed by atoms with E-state index < -0.39 is 10.0 Å². The van der Waals surface area contributed by atoms with Gasteiger partial charge in [0, 0.05) is 0 Å². The molecule has 0 bridgehead atoms. The number of hydrazone groups is 1. The lowest BCUT2D eigenvalue weighted by molar-refractivity contribution is 0.288. The molecule has 0 aliphatic rings. The Morgan fingerprint density at radius 2 is 1.67 bits per heavy atom. The quantitative estimate of drug-likeness (QED) is 0.588. The van der Waals surface area contributed by atoms with Crippen molar-refractivity contribution in [2.75, 3.05) is 13.2 Å². The first-order valence-electron chi connectivity index (χ1n) is 7.56. The third-order valence-electron chi connectivity index (χ3n) is 3.01. The van der Waals surface area contributed by atoms with Gasteiger partial charge in [-0.2, -0.15) is 13.5 Å². The van der Waals surface area contributed by atoms with E-state index in [-0.39, 0.29) is 4.90 Å². The van der Waals surface area contributed by atoms with E-state index >= 15 is 0 Å². The first kappa shape index (κ1) is 17.8. The summed E-state index contributed by atoms with van der Waals surface area (Å²) in [6.07, 6.45) is 1.42. The normalized spacial score (nSPS) is 11.4. The largest absolute Gasteiger partial charge is 0.490 e. The predicted octanol–water partition coefficient (Wildman–Crippen LogP) is 2.80. The highest BCUT2D eigenvalue weighted by Crippen LogP contribution is 2.27. The zero-order chi connectivity index (χ0) is 17.4. The van der Waals surface area contributed by atoms with Crippen molar-refractivity contribution in [3.05, 3.63) is 54.1 Å². The van der Waals surface area contributed by atoms with Crippen LogP contribution in [-0.2, 0) is 10.0 Å². The molecule has 0 unspecified atom stereocenters. The van der Waals surface area contributed by atoms with Gasteiger partial charge in [0.05, 0.1) is 24.3 Å². The summed E-state index contributed by atoms with van der Waals surface area (Å²) in [6, 6.07) is 13.3. The van der Waals surface area contributed by atoms with E-state index in [9.17, 15) is 8.42 Å². The second kappa shape index (κ2) is 8.35. The standard InChI is InChI=1S/C17H20N2O4S/c1-3-22-16-11-10-14(12-17(16)23-4-2)13-18-19-24(20,21)15-8-6-5-7-9-15/h5-13,19H,3-4H2,1-2H3/b18-13+. The average molecular weight is 348 g/mol. The fourth-order valence-electron chi connectivity index (χ4n) is 1.97. The summed E-state index contributed by atoms with van der Waals surface area (Å²) in [6.45, 7) is 4.81. The Labute approximate surface area is 142 Å². The van der Waals surface area contributed by atoms with Crippen LogP contribution < -0.4 is 14.3 Å². The molecule has 6 nitrogen and oxygen atoms in total. The summed E-state index contributed by atoms with van der Waals surface area (Å²) in [4.78, 5) is 2.34. The van der Waals surface area contributed by atoms with Crippen molar-refractivity contribution in [3.63, 3.8) is 0 Å². The lowest BCUT2D eigenvalue weighted by Crippen LogP contribution is -2.18. The molecule has 0 spiro atoms. The van der Waals surface area contributed by atoms with Gasteiger partial charge in [0.1, 0.15) is 0 Å². The second-order valence-corrected chi connectivity index (χ2v) is 6.40. The molecule has 0 aromatic heterocycles. The van der Waals surface area contributed by atoms with Crippen LogP contribution in [0.1, 0.15) is 19.4 Å². The van der Waals surface area contributed by atoms with Gasteiger partial charge in [-0.15, -0.1) is 0 Å². The Hall–Kier alpha value is -2.54. The minimum atomic E-state index is -3.67. The van der Waals surface area contributed by atoms with Gasteiger partial charge in [-0.25, -0.2) is 4.83 Å². The maximum Gasteiger partial charge on any atom is 0.276 e. The summed E-state index contributed by atoms with van der Waals surface area (Å²) >= 11 is 0. The van der Waals surface area contributed by atoms with E-state index in [0.717, 1.165) is 0 Å². The van der Waals surface area contributed by atoms with Crippen molar-refractivity contribution in [2.45, 2.75) is 18.7 Å². The van der Waals surface area contributed by atoms with Gasteiger partial charge >= 0.3 is 0 Å². The Bertz CT molecular complexity index is 789. The third-order valence-corrected chi connectivity index (χ3v) is 4.25. The number of hydrogen-bond acceptors (Lipinski definition) is 5. The van der Waals surface area contributed by atoms with Crippen molar-refractivity contribution < 1.29 is 17.9 Å². The van der Waals surface area contributed by atoms with E-state index in [2.05, 4.69) is 9.93 Å². The molecule has 0 saturated carbocycles. The van der Waals surface area contributed by atoms with Gasteiger partial charge in [-0.1, -0.05) is 18.2 Å². The number of benzene rings is 2. The van der Waals surface area contributed by atoms with Gasteiger partial charge in [0.25, 0.3) is 10.0 Å². The summed E-state index contributed by atoms with van der Waals surface area (Å²) in [5, 5.41) is 3.81. The van der Waals surface area contributed by atoms with Crippen LogP contribution in [-0.4, -0.2) is 27.8 Å². The van der Waals surface area contributed by atoms with Crippen molar-refractivity contribution in [3.8, 4) is 11.5 Å². The molecule has 0 heterocycles. The molecule has 7 heteroatoms. The molecular weight excluding hydrogens is 328 g/mol. The summed E-state index contributed by atoms with van der Waals surface area (Å²) in [5.41, 5.74) is 0.692. The second-order valence-electron chi connectivity index (χ2n) is 4.74. The monoisotopic (exact) mass is 348 g/mol. The lowest BCUT2D eigenvalue weighted by atomic mass is 10.2. The van der Waals surface area contributed by atoms with E-state index in [4.69, 9.17) is 9.47 Å². The molecule has 128 valence electrons. The minimum absolute atomic E-state index is 0.156. The number of rotatable bonds is 8. The number of sulfonamides is 1. The topological polar surface area (TPSA) is 77.0 Å². The minimum Gasteiger partial charge on any atom is -0.490 e.